The molecule has 0 aliphatic heterocycles. The third-order valence-corrected chi connectivity index (χ3v) is 5.03. The van der Waals surface area contributed by atoms with Crippen molar-refractivity contribution in [1.29, 1.82) is 0 Å². The molecule has 1 aromatic carbocycles. The molecule has 1 atom stereocenters. The molecule has 3 heteroatoms. The van der Waals surface area contributed by atoms with Crippen molar-refractivity contribution in [2.45, 2.75) is 26.3 Å². The number of aryl methyl sites for hydroxylation is 1. The van der Waals surface area contributed by atoms with Gasteiger partial charge >= 0.3 is 0 Å². The van der Waals surface area contributed by atoms with E-state index >= 15 is 0 Å². The van der Waals surface area contributed by atoms with E-state index < -0.39 is 0 Å². The summed E-state index contributed by atoms with van der Waals surface area (Å²) in [6.45, 7) is 4.23. The van der Waals surface area contributed by atoms with E-state index in [1.165, 1.54) is 20.9 Å². The fourth-order valence-corrected chi connectivity index (χ4v) is 3.04. The Bertz CT molecular complexity index is 519. The predicted molar refractivity (Wildman–Crippen MR) is 79.4 cm³/mol. The van der Waals surface area contributed by atoms with Crippen molar-refractivity contribution in [3.8, 4) is 10.4 Å². The van der Waals surface area contributed by atoms with Crippen molar-refractivity contribution in [1.82, 2.24) is 0 Å². The van der Waals surface area contributed by atoms with Crippen LogP contribution in [0.2, 0.25) is 0 Å². The molecule has 0 radical (unpaired) electrons. The number of hydrogen-bond acceptors (Lipinski definition) is 2. The summed E-state index contributed by atoms with van der Waals surface area (Å²) in [4.78, 5) is 2.56. The van der Waals surface area contributed by atoms with Crippen LogP contribution in [0.25, 0.3) is 10.4 Å². The first-order valence-electron chi connectivity index (χ1n) is 5.73. The fraction of sp³-hybridized carbons (Fsp3) is 0.286. The van der Waals surface area contributed by atoms with Crippen molar-refractivity contribution >= 4 is 27.3 Å². The highest BCUT2D eigenvalue weighted by atomic mass is 79.9. The summed E-state index contributed by atoms with van der Waals surface area (Å²) in [5, 5.41) is 0. The third kappa shape index (κ3) is 2.79. The highest BCUT2D eigenvalue weighted by Crippen LogP contribution is 2.33. The van der Waals surface area contributed by atoms with Gasteiger partial charge in [0, 0.05) is 20.3 Å². The Morgan fingerprint density at radius 2 is 2.06 bits per heavy atom. The molecule has 1 unspecified atom stereocenters. The molecule has 2 rings (SSSR count). The number of nitrogens with two attached hydrogens (primary N) is 1. The molecular weight excluding hydrogens is 294 g/mol. The number of halogens is 1. The minimum atomic E-state index is 0.172. The lowest BCUT2D eigenvalue weighted by Crippen LogP contribution is -2.05. The monoisotopic (exact) mass is 309 g/mol. The van der Waals surface area contributed by atoms with Gasteiger partial charge in [-0.3, -0.25) is 0 Å². The maximum absolute atomic E-state index is 6.04. The Balaban J connectivity index is 2.33. The van der Waals surface area contributed by atoms with Crippen LogP contribution in [-0.4, -0.2) is 0 Å². The normalized spacial score (nSPS) is 12.7. The van der Waals surface area contributed by atoms with E-state index in [1.54, 1.807) is 11.3 Å². The van der Waals surface area contributed by atoms with Gasteiger partial charge in [-0.2, -0.15) is 0 Å². The predicted octanol–water partition coefficient (Wildman–Crippen LogP) is 4.90. The molecule has 0 aliphatic carbocycles. The molecular formula is C14H16BrNS. The van der Waals surface area contributed by atoms with Crippen molar-refractivity contribution in [3.63, 3.8) is 0 Å². The molecule has 90 valence electrons. The molecule has 0 bridgehead atoms. The highest BCUT2D eigenvalue weighted by molar-refractivity contribution is 9.10. The molecule has 1 heterocycles. The van der Waals surface area contributed by atoms with Crippen LogP contribution >= 0.6 is 27.3 Å². The van der Waals surface area contributed by atoms with E-state index in [0.29, 0.717) is 0 Å². The zero-order valence-electron chi connectivity index (χ0n) is 10.0. The molecule has 0 saturated carbocycles. The second-order valence-corrected chi connectivity index (χ2v) is 6.15. The lowest BCUT2D eigenvalue weighted by molar-refractivity contribution is 0.712. The van der Waals surface area contributed by atoms with E-state index in [-0.39, 0.29) is 6.04 Å². The van der Waals surface area contributed by atoms with Crippen LogP contribution in [0.3, 0.4) is 0 Å². The summed E-state index contributed by atoms with van der Waals surface area (Å²) in [5.74, 6) is 0. The standard InChI is InChI=1S/C14H16BrNS/c1-3-12(16)14-7-6-13(17-14)10-4-5-11(15)9(2)8-10/h4-8,12H,3,16H2,1-2H3. The van der Waals surface area contributed by atoms with Crippen molar-refractivity contribution < 1.29 is 0 Å². The largest absolute Gasteiger partial charge is 0.323 e. The second kappa shape index (κ2) is 5.34. The van der Waals surface area contributed by atoms with Crippen LogP contribution in [0.1, 0.15) is 29.8 Å². The summed E-state index contributed by atoms with van der Waals surface area (Å²) >= 11 is 5.32. The molecule has 0 spiro atoms. The molecule has 2 N–H and O–H groups in total. The number of benzene rings is 1. The minimum absolute atomic E-state index is 0.172. The summed E-state index contributed by atoms with van der Waals surface area (Å²) < 4.78 is 1.16. The molecule has 0 saturated heterocycles. The van der Waals surface area contributed by atoms with Crippen LogP contribution < -0.4 is 5.73 Å². The van der Waals surface area contributed by atoms with Crippen molar-refractivity contribution in [3.05, 3.63) is 45.2 Å². The van der Waals surface area contributed by atoms with Gasteiger partial charge in [0.05, 0.1) is 0 Å². The first-order chi connectivity index (χ1) is 8.11. The van der Waals surface area contributed by atoms with E-state index in [9.17, 15) is 0 Å². The van der Waals surface area contributed by atoms with Gasteiger partial charge in [0.2, 0.25) is 0 Å². The molecule has 1 aromatic heterocycles. The van der Waals surface area contributed by atoms with Gasteiger partial charge < -0.3 is 5.73 Å². The van der Waals surface area contributed by atoms with E-state index in [1.807, 2.05) is 0 Å². The maximum atomic E-state index is 6.04. The smallest absolute Gasteiger partial charge is 0.0387 e. The molecule has 17 heavy (non-hydrogen) atoms. The Kier molecular flexibility index (Phi) is 4.02. The van der Waals surface area contributed by atoms with E-state index in [4.69, 9.17) is 5.73 Å². The summed E-state index contributed by atoms with van der Waals surface area (Å²) in [5.41, 5.74) is 8.57. The van der Waals surface area contributed by atoms with Gasteiger partial charge in [0.15, 0.2) is 0 Å². The number of thiophene rings is 1. The maximum Gasteiger partial charge on any atom is 0.0387 e. The average molecular weight is 310 g/mol. The molecule has 2 aromatic rings. The van der Waals surface area contributed by atoms with Gasteiger partial charge in [0.25, 0.3) is 0 Å². The van der Waals surface area contributed by atoms with Crippen molar-refractivity contribution in [2.24, 2.45) is 5.73 Å². The van der Waals surface area contributed by atoms with Gasteiger partial charge in [-0.05, 0) is 48.7 Å². The molecule has 0 aliphatic rings. The minimum Gasteiger partial charge on any atom is -0.323 e. The molecule has 0 fully saturated rings. The van der Waals surface area contributed by atoms with Crippen LogP contribution in [-0.2, 0) is 0 Å². The zero-order chi connectivity index (χ0) is 12.4. The highest BCUT2D eigenvalue weighted by Gasteiger charge is 2.08. The van der Waals surface area contributed by atoms with Crippen LogP contribution in [0.15, 0.2) is 34.8 Å². The quantitative estimate of drug-likeness (QED) is 0.857. The average Bonchev–Trinajstić information content (AvgIpc) is 2.81. The summed E-state index contributed by atoms with van der Waals surface area (Å²) in [6.07, 6.45) is 0.985. The number of hydrogen-bond donors (Lipinski definition) is 1. The van der Waals surface area contributed by atoms with E-state index in [2.05, 4.69) is 60.1 Å². The lowest BCUT2D eigenvalue weighted by atomic mass is 10.1. The molecule has 0 amide bonds. The van der Waals surface area contributed by atoms with E-state index in [0.717, 1.165) is 10.9 Å². The SMILES string of the molecule is CCC(N)c1ccc(-c2ccc(Br)c(C)c2)s1. The lowest BCUT2D eigenvalue weighted by Gasteiger charge is -2.04. The van der Waals surface area contributed by atoms with Crippen molar-refractivity contribution in [2.75, 3.05) is 0 Å². The Morgan fingerprint density at radius 1 is 1.29 bits per heavy atom. The van der Waals surface area contributed by atoms with Gasteiger partial charge in [0.1, 0.15) is 0 Å². The van der Waals surface area contributed by atoms with Crippen LogP contribution in [0.5, 0.6) is 0 Å². The van der Waals surface area contributed by atoms with Gasteiger partial charge in [-0.15, -0.1) is 11.3 Å². The zero-order valence-corrected chi connectivity index (χ0v) is 12.4. The van der Waals surface area contributed by atoms with Gasteiger partial charge in [-0.1, -0.05) is 28.9 Å². The Labute approximate surface area is 115 Å². The fourth-order valence-electron chi connectivity index (χ4n) is 1.71. The Morgan fingerprint density at radius 3 is 2.71 bits per heavy atom. The van der Waals surface area contributed by atoms with Gasteiger partial charge in [-0.25, -0.2) is 0 Å². The summed E-state index contributed by atoms with van der Waals surface area (Å²) in [7, 11) is 0. The van der Waals surface area contributed by atoms with Crippen LogP contribution in [0, 0.1) is 6.92 Å². The number of rotatable bonds is 3. The topological polar surface area (TPSA) is 26.0 Å². The first-order valence-corrected chi connectivity index (χ1v) is 7.34. The van der Waals surface area contributed by atoms with Crippen LogP contribution in [0.4, 0.5) is 0 Å². The third-order valence-electron chi connectivity index (χ3n) is 2.87. The first kappa shape index (κ1) is 12.8. The second-order valence-electron chi connectivity index (χ2n) is 4.18. The summed E-state index contributed by atoms with van der Waals surface area (Å²) in [6, 6.07) is 10.9. The Hall–Kier alpha value is -0.640. The molecule has 1 nitrogen and oxygen atoms in total.